The van der Waals surface area contributed by atoms with Crippen LogP contribution in [0.25, 0.3) is 0 Å². The number of carbonyl (C=O) groups is 2. The van der Waals surface area contributed by atoms with Gasteiger partial charge in [0.05, 0.1) is 12.7 Å². The number of aromatic carboxylic acids is 1. The molecule has 0 saturated carbocycles. The third kappa shape index (κ3) is 3.53. The first kappa shape index (κ1) is 16.6. The maximum Gasteiger partial charge on any atom is 0.338 e. The van der Waals surface area contributed by atoms with Crippen LogP contribution in [0.4, 0.5) is 0 Å². The van der Waals surface area contributed by atoms with Crippen molar-refractivity contribution in [3.05, 3.63) is 52.5 Å². The number of carboxylic acids is 1. The second-order valence-corrected chi connectivity index (χ2v) is 5.43. The van der Waals surface area contributed by atoms with Crippen molar-refractivity contribution >= 4 is 11.9 Å². The van der Waals surface area contributed by atoms with Crippen LogP contribution >= 0.6 is 0 Å². The largest absolute Gasteiger partial charge is 0.496 e. The van der Waals surface area contributed by atoms with Gasteiger partial charge in [-0.05, 0) is 30.5 Å². The van der Waals surface area contributed by atoms with E-state index in [-0.39, 0.29) is 17.2 Å². The number of hydrogen-bond donors (Lipinski definition) is 1. The molecule has 0 fully saturated rings. The van der Waals surface area contributed by atoms with Crippen molar-refractivity contribution in [1.29, 1.82) is 0 Å². The van der Waals surface area contributed by atoms with E-state index in [2.05, 4.69) is 0 Å². The monoisotopic (exact) mass is 317 g/mol. The molecule has 1 heterocycles. The van der Waals surface area contributed by atoms with Crippen molar-refractivity contribution in [1.82, 2.24) is 4.90 Å². The predicted octanol–water partition coefficient (Wildman–Crippen LogP) is 2.88. The number of aryl methyl sites for hydroxylation is 2. The van der Waals surface area contributed by atoms with Gasteiger partial charge in [-0.25, -0.2) is 4.79 Å². The van der Waals surface area contributed by atoms with E-state index >= 15 is 0 Å². The number of rotatable bonds is 5. The molecule has 0 radical (unpaired) electrons. The second-order valence-electron chi connectivity index (χ2n) is 5.43. The third-order valence-electron chi connectivity index (χ3n) is 3.55. The molecule has 2 aromatic rings. The summed E-state index contributed by atoms with van der Waals surface area (Å²) in [5.41, 5.74) is 2.91. The quantitative estimate of drug-likeness (QED) is 0.917. The highest BCUT2D eigenvalue weighted by molar-refractivity contribution is 5.95. The third-order valence-corrected chi connectivity index (χ3v) is 3.55. The molecule has 6 nitrogen and oxygen atoms in total. The van der Waals surface area contributed by atoms with E-state index < -0.39 is 5.97 Å². The smallest absolute Gasteiger partial charge is 0.338 e. The lowest BCUT2D eigenvalue weighted by molar-refractivity contribution is 0.0695. The van der Waals surface area contributed by atoms with Gasteiger partial charge >= 0.3 is 5.97 Å². The molecular formula is C17H19NO5. The van der Waals surface area contributed by atoms with Crippen LogP contribution < -0.4 is 4.74 Å². The van der Waals surface area contributed by atoms with Gasteiger partial charge in [0.1, 0.15) is 12.0 Å². The Hall–Kier alpha value is -2.76. The van der Waals surface area contributed by atoms with E-state index in [4.69, 9.17) is 14.3 Å². The summed E-state index contributed by atoms with van der Waals surface area (Å²) in [6, 6.07) is 5.15. The van der Waals surface area contributed by atoms with Crippen LogP contribution in [0.15, 0.2) is 28.9 Å². The lowest BCUT2D eigenvalue weighted by atomic mass is 10.1. The molecular weight excluding hydrogens is 298 g/mol. The van der Waals surface area contributed by atoms with E-state index in [0.717, 1.165) is 28.7 Å². The Bertz CT molecular complexity index is 724. The lowest BCUT2D eigenvalue weighted by Gasteiger charge is -2.18. The minimum Gasteiger partial charge on any atom is -0.496 e. The molecule has 1 amide bonds. The molecule has 0 bridgehead atoms. The van der Waals surface area contributed by atoms with Crippen LogP contribution in [0.3, 0.4) is 0 Å². The van der Waals surface area contributed by atoms with Crippen molar-refractivity contribution in [2.45, 2.75) is 20.4 Å². The molecule has 1 aromatic carbocycles. The van der Waals surface area contributed by atoms with Crippen molar-refractivity contribution in [3.63, 3.8) is 0 Å². The Morgan fingerprint density at radius 3 is 2.30 bits per heavy atom. The molecule has 0 spiro atoms. The van der Waals surface area contributed by atoms with Gasteiger partial charge in [0, 0.05) is 19.7 Å². The topological polar surface area (TPSA) is 80.0 Å². The number of ether oxygens (including phenoxy) is 1. The van der Waals surface area contributed by atoms with Crippen LogP contribution in [-0.2, 0) is 6.54 Å². The van der Waals surface area contributed by atoms with Crippen molar-refractivity contribution in [2.24, 2.45) is 0 Å². The van der Waals surface area contributed by atoms with Gasteiger partial charge < -0.3 is 19.2 Å². The molecule has 0 aliphatic carbocycles. The predicted molar refractivity (Wildman–Crippen MR) is 83.9 cm³/mol. The average Bonchev–Trinajstić information content (AvgIpc) is 2.96. The zero-order valence-electron chi connectivity index (χ0n) is 13.5. The van der Waals surface area contributed by atoms with Gasteiger partial charge in [-0.15, -0.1) is 0 Å². The number of benzene rings is 1. The summed E-state index contributed by atoms with van der Waals surface area (Å²) < 4.78 is 10.4. The van der Waals surface area contributed by atoms with Crippen molar-refractivity contribution < 1.29 is 23.8 Å². The fourth-order valence-corrected chi connectivity index (χ4v) is 2.55. The van der Waals surface area contributed by atoms with Crippen molar-refractivity contribution in [2.75, 3.05) is 14.2 Å². The summed E-state index contributed by atoms with van der Waals surface area (Å²) in [5, 5.41) is 8.87. The summed E-state index contributed by atoms with van der Waals surface area (Å²) in [7, 11) is 3.27. The van der Waals surface area contributed by atoms with Crippen molar-refractivity contribution in [3.8, 4) is 5.75 Å². The maximum absolute atomic E-state index is 12.3. The van der Waals surface area contributed by atoms with Crippen LogP contribution in [-0.4, -0.2) is 36.0 Å². The maximum atomic E-state index is 12.3. The van der Waals surface area contributed by atoms with E-state index in [1.807, 2.05) is 26.0 Å². The molecule has 2 rings (SSSR count). The Morgan fingerprint density at radius 1 is 1.22 bits per heavy atom. The normalized spacial score (nSPS) is 10.4. The minimum atomic E-state index is -1.13. The first-order chi connectivity index (χ1) is 10.8. The fourth-order valence-electron chi connectivity index (χ4n) is 2.55. The molecule has 0 aliphatic rings. The molecule has 23 heavy (non-hydrogen) atoms. The van der Waals surface area contributed by atoms with Crippen LogP contribution in [0, 0.1) is 13.8 Å². The summed E-state index contributed by atoms with van der Waals surface area (Å²) in [6.07, 6.45) is 1.06. The Morgan fingerprint density at radius 2 is 1.83 bits per heavy atom. The average molecular weight is 317 g/mol. The molecule has 1 aromatic heterocycles. The molecule has 0 aliphatic heterocycles. The first-order valence-corrected chi connectivity index (χ1v) is 7.05. The van der Waals surface area contributed by atoms with E-state index in [1.54, 1.807) is 14.2 Å². The zero-order valence-corrected chi connectivity index (χ0v) is 13.5. The molecule has 6 heteroatoms. The summed E-state index contributed by atoms with van der Waals surface area (Å²) in [4.78, 5) is 24.6. The number of nitrogens with zero attached hydrogens (tertiary/aromatic N) is 1. The molecule has 1 N–H and O–H groups in total. The zero-order chi connectivity index (χ0) is 17.1. The minimum absolute atomic E-state index is 0.00635. The number of hydrogen-bond acceptors (Lipinski definition) is 4. The molecule has 122 valence electrons. The number of furan rings is 1. The summed E-state index contributed by atoms with van der Waals surface area (Å²) in [6.45, 7) is 4.28. The lowest BCUT2D eigenvalue weighted by Crippen LogP contribution is -2.26. The highest BCUT2D eigenvalue weighted by Gasteiger charge is 2.19. The number of amides is 1. The van der Waals surface area contributed by atoms with Gasteiger partial charge in [-0.3, -0.25) is 4.79 Å². The summed E-state index contributed by atoms with van der Waals surface area (Å²) >= 11 is 0. The van der Waals surface area contributed by atoms with Gasteiger partial charge in [0.2, 0.25) is 0 Å². The number of carboxylic acid groups (broad SMARTS) is 1. The Labute approximate surface area is 134 Å². The Kier molecular flexibility index (Phi) is 4.74. The van der Waals surface area contributed by atoms with E-state index in [9.17, 15) is 9.59 Å². The second kappa shape index (κ2) is 6.56. The Balaban J connectivity index is 2.16. The van der Waals surface area contributed by atoms with Gasteiger partial charge in [0.25, 0.3) is 5.91 Å². The molecule has 0 atom stereocenters. The molecule has 0 unspecified atom stereocenters. The van der Waals surface area contributed by atoms with Gasteiger partial charge in [-0.2, -0.15) is 0 Å². The highest BCUT2D eigenvalue weighted by Crippen LogP contribution is 2.25. The highest BCUT2D eigenvalue weighted by atomic mass is 16.5. The first-order valence-electron chi connectivity index (χ1n) is 7.05. The van der Waals surface area contributed by atoms with E-state index in [1.165, 1.54) is 11.0 Å². The standard InChI is InChI=1S/C17H19NO5/c1-10-5-12(6-11(2)15(10)22-4)8-18(3)16(19)14-7-13(9-23-14)17(20)21/h5-7,9H,8H2,1-4H3,(H,20,21). The SMILES string of the molecule is COc1c(C)cc(CN(C)C(=O)c2cc(C(=O)O)co2)cc1C. The van der Waals surface area contributed by atoms with Crippen LogP contribution in [0.2, 0.25) is 0 Å². The van der Waals surface area contributed by atoms with Gasteiger partial charge in [-0.1, -0.05) is 12.1 Å². The van der Waals surface area contributed by atoms with Crippen LogP contribution in [0.1, 0.15) is 37.6 Å². The number of carbonyl (C=O) groups excluding carboxylic acids is 1. The summed E-state index contributed by atoms with van der Waals surface area (Å²) in [5.74, 6) is -0.660. The molecule has 0 saturated heterocycles. The van der Waals surface area contributed by atoms with Crippen LogP contribution in [0.5, 0.6) is 5.75 Å². The number of methoxy groups -OCH3 is 1. The fraction of sp³-hybridized carbons (Fsp3) is 0.294. The van der Waals surface area contributed by atoms with E-state index in [0.29, 0.717) is 6.54 Å². The van der Waals surface area contributed by atoms with Gasteiger partial charge in [0.15, 0.2) is 5.76 Å².